The van der Waals surface area contributed by atoms with Crippen molar-refractivity contribution in [2.45, 2.75) is 31.8 Å². The minimum absolute atomic E-state index is 0.0434. The summed E-state index contributed by atoms with van der Waals surface area (Å²) < 4.78 is 10.6. The molecule has 1 saturated heterocycles. The molecule has 0 aromatic carbocycles. The lowest BCUT2D eigenvalue weighted by molar-refractivity contribution is 0.0244. The van der Waals surface area contributed by atoms with Crippen LogP contribution in [0.4, 0.5) is 0 Å². The van der Waals surface area contributed by atoms with Gasteiger partial charge in [-0.25, -0.2) is 0 Å². The van der Waals surface area contributed by atoms with E-state index in [9.17, 15) is 0 Å². The molecule has 0 aromatic heterocycles. The van der Waals surface area contributed by atoms with Gasteiger partial charge in [0.05, 0.1) is 5.60 Å². The molecule has 0 bridgehead atoms. The van der Waals surface area contributed by atoms with E-state index in [2.05, 4.69) is 17.6 Å². The molecule has 1 aliphatic rings. The summed E-state index contributed by atoms with van der Waals surface area (Å²) in [5, 5.41) is 7.04. The first-order chi connectivity index (χ1) is 7.66. The third-order valence-corrected chi connectivity index (χ3v) is 3.02. The van der Waals surface area contributed by atoms with E-state index in [1.54, 1.807) is 7.11 Å². The molecule has 0 aromatic rings. The molecule has 16 heavy (non-hydrogen) atoms. The molecule has 1 heterocycles. The van der Waals surface area contributed by atoms with Crippen LogP contribution in [0, 0.1) is 0 Å². The Bertz CT molecular complexity index is 218. The summed E-state index contributed by atoms with van der Waals surface area (Å²) >= 11 is 5.17. The maximum absolute atomic E-state index is 5.66. The zero-order chi connectivity index (χ0) is 11.9. The Morgan fingerprint density at radius 2 is 2.31 bits per heavy atom. The highest BCUT2D eigenvalue weighted by atomic mass is 32.1. The van der Waals surface area contributed by atoms with Gasteiger partial charge >= 0.3 is 0 Å². The summed E-state index contributed by atoms with van der Waals surface area (Å²) in [7, 11) is 1.70. The molecule has 94 valence electrons. The fraction of sp³-hybridized carbons (Fsp3) is 0.909. The van der Waals surface area contributed by atoms with Crippen molar-refractivity contribution >= 4 is 17.3 Å². The van der Waals surface area contributed by atoms with Gasteiger partial charge in [-0.3, -0.25) is 0 Å². The van der Waals surface area contributed by atoms with Crippen LogP contribution in [0.25, 0.3) is 0 Å². The van der Waals surface area contributed by atoms with E-state index in [4.69, 9.17) is 21.7 Å². The Morgan fingerprint density at radius 3 is 2.94 bits per heavy atom. The second kappa shape index (κ2) is 7.04. The van der Waals surface area contributed by atoms with Crippen LogP contribution in [-0.2, 0) is 9.47 Å². The van der Waals surface area contributed by atoms with E-state index in [1.807, 2.05) is 0 Å². The summed E-state index contributed by atoms with van der Waals surface area (Å²) in [6.45, 7) is 5.38. The Hall–Kier alpha value is -0.390. The highest BCUT2D eigenvalue weighted by Gasteiger charge is 2.29. The lowest BCUT2D eigenvalue weighted by Crippen LogP contribution is -2.44. The standard InChI is InChI=1S/C11H22N2O2S/c1-11(5-3-8-15-11)9-13-10(16)12-6-4-7-14-2/h3-9H2,1-2H3,(H2,12,13,16). The zero-order valence-electron chi connectivity index (χ0n) is 10.2. The van der Waals surface area contributed by atoms with Crippen LogP contribution in [0.1, 0.15) is 26.2 Å². The monoisotopic (exact) mass is 246 g/mol. The van der Waals surface area contributed by atoms with Crippen LogP contribution in [0.3, 0.4) is 0 Å². The van der Waals surface area contributed by atoms with Gasteiger partial charge in [0.15, 0.2) is 5.11 Å². The van der Waals surface area contributed by atoms with E-state index < -0.39 is 0 Å². The van der Waals surface area contributed by atoms with Gasteiger partial charge in [-0.15, -0.1) is 0 Å². The molecule has 1 fully saturated rings. The number of ether oxygens (including phenoxy) is 2. The molecule has 1 unspecified atom stereocenters. The maximum atomic E-state index is 5.66. The Labute approximate surface area is 103 Å². The van der Waals surface area contributed by atoms with Crippen molar-refractivity contribution in [2.24, 2.45) is 0 Å². The number of nitrogens with one attached hydrogen (secondary N) is 2. The lowest BCUT2D eigenvalue weighted by atomic mass is 10.0. The summed E-state index contributed by atoms with van der Waals surface area (Å²) in [5.41, 5.74) is -0.0434. The summed E-state index contributed by atoms with van der Waals surface area (Å²) in [4.78, 5) is 0. The quantitative estimate of drug-likeness (QED) is 0.542. The number of hydrogen-bond donors (Lipinski definition) is 2. The van der Waals surface area contributed by atoms with Crippen molar-refractivity contribution in [1.82, 2.24) is 10.6 Å². The van der Waals surface area contributed by atoms with Crippen LogP contribution in [0.2, 0.25) is 0 Å². The number of rotatable bonds is 6. The zero-order valence-corrected chi connectivity index (χ0v) is 11.0. The third kappa shape index (κ3) is 5.09. The average molecular weight is 246 g/mol. The number of hydrogen-bond acceptors (Lipinski definition) is 3. The predicted molar refractivity (Wildman–Crippen MR) is 68.7 cm³/mol. The maximum Gasteiger partial charge on any atom is 0.166 e. The van der Waals surface area contributed by atoms with Crippen LogP contribution < -0.4 is 10.6 Å². The van der Waals surface area contributed by atoms with Gasteiger partial charge in [0.1, 0.15) is 0 Å². The Balaban J connectivity index is 2.05. The molecule has 0 spiro atoms. The van der Waals surface area contributed by atoms with Gasteiger partial charge in [0.25, 0.3) is 0 Å². The van der Waals surface area contributed by atoms with E-state index in [0.717, 1.165) is 45.6 Å². The third-order valence-electron chi connectivity index (χ3n) is 2.73. The second-order valence-corrected chi connectivity index (χ2v) is 4.77. The van der Waals surface area contributed by atoms with Crippen molar-refractivity contribution in [3.63, 3.8) is 0 Å². The normalized spacial score (nSPS) is 24.4. The van der Waals surface area contributed by atoms with Crippen molar-refractivity contribution < 1.29 is 9.47 Å². The Kier molecular flexibility index (Phi) is 6.01. The summed E-state index contributed by atoms with van der Waals surface area (Å²) in [5.74, 6) is 0. The topological polar surface area (TPSA) is 42.5 Å². The predicted octanol–water partition coefficient (Wildman–Crippen LogP) is 1.06. The highest BCUT2D eigenvalue weighted by molar-refractivity contribution is 7.80. The molecular formula is C11H22N2O2S. The molecule has 2 N–H and O–H groups in total. The highest BCUT2D eigenvalue weighted by Crippen LogP contribution is 2.23. The first-order valence-electron chi connectivity index (χ1n) is 5.81. The fourth-order valence-electron chi connectivity index (χ4n) is 1.72. The molecule has 4 nitrogen and oxygen atoms in total. The molecule has 0 aliphatic carbocycles. The van der Waals surface area contributed by atoms with Gasteiger partial charge in [-0.1, -0.05) is 0 Å². The molecular weight excluding hydrogens is 224 g/mol. The molecule has 1 atom stereocenters. The molecule has 5 heteroatoms. The van der Waals surface area contributed by atoms with Crippen molar-refractivity contribution in [3.05, 3.63) is 0 Å². The number of methoxy groups -OCH3 is 1. The van der Waals surface area contributed by atoms with E-state index in [0.29, 0.717) is 5.11 Å². The SMILES string of the molecule is COCCCNC(=S)NCC1(C)CCCO1. The number of thiocarbonyl (C=S) groups is 1. The van der Waals surface area contributed by atoms with Crippen molar-refractivity contribution in [1.29, 1.82) is 0 Å². The van der Waals surface area contributed by atoms with Crippen LogP contribution in [0.5, 0.6) is 0 Å². The largest absolute Gasteiger partial charge is 0.385 e. The van der Waals surface area contributed by atoms with Crippen molar-refractivity contribution in [2.75, 3.05) is 33.4 Å². The van der Waals surface area contributed by atoms with Gasteiger partial charge in [0, 0.05) is 33.4 Å². The minimum atomic E-state index is -0.0434. The molecule has 0 amide bonds. The van der Waals surface area contributed by atoms with E-state index in [1.165, 1.54) is 0 Å². The van der Waals surface area contributed by atoms with Crippen molar-refractivity contribution in [3.8, 4) is 0 Å². The second-order valence-electron chi connectivity index (χ2n) is 4.36. The average Bonchev–Trinajstić information content (AvgIpc) is 2.70. The first kappa shape index (κ1) is 13.7. The van der Waals surface area contributed by atoms with Gasteiger partial charge in [0.2, 0.25) is 0 Å². The Morgan fingerprint density at radius 1 is 1.50 bits per heavy atom. The summed E-state index contributed by atoms with van der Waals surface area (Å²) in [6, 6.07) is 0. The molecule has 0 radical (unpaired) electrons. The minimum Gasteiger partial charge on any atom is -0.385 e. The molecule has 1 rings (SSSR count). The van der Waals surface area contributed by atoms with Crippen LogP contribution in [0.15, 0.2) is 0 Å². The molecule has 1 aliphatic heterocycles. The van der Waals surface area contributed by atoms with Gasteiger partial charge in [-0.05, 0) is 38.4 Å². The first-order valence-corrected chi connectivity index (χ1v) is 6.22. The molecule has 0 saturated carbocycles. The lowest BCUT2D eigenvalue weighted by Gasteiger charge is -2.24. The van der Waals surface area contributed by atoms with Crippen LogP contribution >= 0.6 is 12.2 Å². The smallest absolute Gasteiger partial charge is 0.166 e. The summed E-state index contributed by atoms with van der Waals surface area (Å²) in [6.07, 6.45) is 3.21. The van der Waals surface area contributed by atoms with E-state index >= 15 is 0 Å². The van der Waals surface area contributed by atoms with Crippen LogP contribution in [-0.4, -0.2) is 44.1 Å². The van der Waals surface area contributed by atoms with Gasteiger partial charge < -0.3 is 20.1 Å². The fourth-order valence-corrected chi connectivity index (χ4v) is 1.90. The van der Waals surface area contributed by atoms with Gasteiger partial charge in [-0.2, -0.15) is 0 Å². The van der Waals surface area contributed by atoms with E-state index in [-0.39, 0.29) is 5.60 Å².